The van der Waals surface area contributed by atoms with Crippen molar-refractivity contribution in [1.29, 1.82) is 0 Å². The fraction of sp³-hybridized carbons (Fsp3) is 0.353. The van der Waals surface area contributed by atoms with Crippen molar-refractivity contribution in [2.24, 2.45) is 0 Å². The number of hydrogen-bond acceptors (Lipinski definition) is 4. The number of likely N-dealkylation sites (N-methyl/N-ethyl adjacent to an activating group) is 1. The summed E-state index contributed by atoms with van der Waals surface area (Å²) < 4.78 is 6.70. The Bertz CT molecular complexity index is 685. The number of ether oxygens (including phenoxy) is 1. The summed E-state index contributed by atoms with van der Waals surface area (Å²) in [5, 5.41) is 6.85. The molecule has 0 aliphatic carbocycles. The van der Waals surface area contributed by atoms with Gasteiger partial charge in [0.2, 0.25) is 11.8 Å². The maximum Gasteiger partial charge on any atom is 0.247 e. The molecule has 2 rings (SSSR count). The molecule has 0 bridgehead atoms. The Hall–Kier alpha value is -2.83. The summed E-state index contributed by atoms with van der Waals surface area (Å²) in [6.45, 7) is 4.03. The highest BCUT2D eigenvalue weighted by atomic mass is 16.5. The minimum absolute atomic E-state index is 0.0157. The van der Waals surface area contributed by atoms with Gasteiger partial charge < -0.3 is 15.0 Å². The Morgan fingerprint density at radius 3 is 2.79 bits per heavy atom. The number of hydrogen-bond donors (Lipinski definition) is 1. The van der Waals surface area contributed by atoms with E-state index in [1.807, 2.05) is 6.92 Å². The molecule has 1 aromatic heterocycles. The maximum absolute atomic E-state index is 12.5. The van der Waals surface area contributed by atoms with Gasteiger partial charge in [0.1, 0.15) is 11.8 Å². The predicted molar refractivity (Wildman–Crippen MR) is 90.8 cm³/mol. The zero-order chi connectivity index (χ0) is 17.5. The number of carbonyl (C=O) groups is 2. The molecule has 1 atom stereocenters. The topological polar surface area (TPSA) is 76.5 Å². The third kappa shape index (κ3) is 4.34. The van der Waals surface area contributed by atoms with Crippen molar-refractivity contribution in [3.8, 4) is 5.75 Å². The van der Waals surface area contributed by atoms with Crippen LogP contribution in [0.3, 0.4) is 0 Å². The molecule has 1 aromatic carbocycles. The van der Waals surface area contributed by atoms with E-state index in [2.05, 4.69) is 10.4 Å². The van der Waals surface area contributed by atoms with Crippen molar-refractivity contribution in [3.05, 3.63) is 42.7 Å². The second-order valence-corrected chi connectivity index (χ2v) is 5.29. The van der Waals surface area contributed by atoms with Gasteiger partial charge in [0, 0.05) is 30.7 Å². The van der Waals surface area contributed by atoms with E-state index in [4.69, 9.17) is 4.74 Å². The van der Waals surface area contributed by atoms with Crippen LogP contribution in [0.5, 0.6) is 5.75 Å². The lowest BCUT2D eigenvalue weighted by Gasteiger charge is -2.24. The van der Waals surface area contributed by atoms with Gasteiger partial charge in [0.15, 0.2) is 0 Å². The monoisotopic (exact) mass is 330 g/mol. The Morgan fingerprint density at radius 2 is 2.17 bits per heavy atom. The van der Waals surface area contributed by atoms with Crippen LogP contribution in [0, 0.1) is 0 Å². The second-order valence-electron chi connectivity index (χ2n) is 5.29. The number of carbonyl (C=O) groups excluding carboxylic acids is 2. The van der Waals surface area contributed by atoms with Gasteiger partial charge in [-0.1, -0.05) is 6.07 Å². The van der Waals surface area contributed by atoms with Gasteiger partial charge in [-0.15, -0.1) is 0 Å². The first-order valence-electron chi connectivity index (χ1n) is 7.77. The van der Waals surface area contributed by atoms with E-state index in [1.54, 1.807) is 61.4 Å². The van der Waals surface area contributed by atoms with Crippen LogP contribution in [0.4, 0.5) is 5.69 Å². The number of aromatic nitrogens is 2. The van der Waals surface area contributed by atoms with Crippen molar-refractivity contribution in [3.63, 3.8) is 0 Å². The fourth-order valence-corrected chi connectivity index (χ4v) is 2.31. The molecule has 0 saturated carbocycles. The first-order valence-corrected chi connectivity index (χ1v) is 7.77. The molecule has 24 heavy (non-hydrogen) atoms. The van der Waals surface area contributed by atoms with Crippen LogP contribution < -0.4 is 10.1 Å². The summed E-state index contributed by atoms with van der Waals surface area (Å²) in [6, 6.07) is 8.38. The minimum atomic E-state index is -0.454. The summed E-state index contributed by atoms with van der Waals surface area (Å²) in [4.78, 5) is 26.3. The molecule has 0 aliphatic rings. The Kier molecular flexibility index (Phi) is 5.95. The van der Waals surface area contributed by atoms with Gasteiger partial charge >= 0.3 is 0 Å². The molecule has 2 amide bonds. The van der Waals surface area contributed by atoms with Crippen molar-refractivity contribution in [2.45, 2.75) is 19.9 Å². The van der Waals surface area contributed by atoms with E-state index in [1.165, 1.54) is 4.90 Å². The Labute approximate surface area is 141 Å². The molecule has 0 spiro atoms. The van der Waals surface area contributed by atoms with Crippen molar-refractivity contribution >= 4 is 17.5 Å². The van der Waals surface area contributed by atoms with Gasteiger partial charge in [-0.25, -0.2) is 0 Å². The third-order valence-corrected chi connectivity index (χ3v) is 3.66. The number of anilines is 1. The molecular formula is C17H22N4O3. The van der Waals surface area contributed by atoms with Crippen LogP contribution >= 0.6 is 0 Å². The molecule has 7 heteroatoms. The number of nitrogens with one attached hydrogen (secondary N) is 1. The van der Waals surface area contributed by atoms with Gasteiger partial charge in [0.25, 0.3) is 0 Å². The highest BCUT2D eigenvalue weighted by Crippen LogP contribution is 2.16. The summed E-state index contributed by atoms with van der Waals surface area (Å²) in [5.41, 5.74) is 0.628. The molecular weight excluding hydrogens is 308 g/mol. The second kappa shape index (κ2) is 8.14. The average molecular weight is 330 g/mol. The zero-order valence-electron chi connectivity index (χ0n) is 14.1. The number of rotatable bonds is 7. The molecule has 0 aliphatic heterocycles. The zero-order valence-corrected chi connectivity index (χ0v) is 14.1. The molecule has 1 unspecified atom stereocenters. The number of methoxy groups -OCH3 is 1. The van der Waals surface area contributed by atoms with E-state index >= 15 is 0 Å². The van der Waals surface area contributed by atoms with Gasteiger partial charge in [-0.05, 0) is 32.0 Å². The Morgan fingerprint density at radius 1 is 1.38 bits per heavy atom. The van der Waals surface area contributed by atoms with Gasteiger partial charge in [-0.3, -0.25) is 14.3 Å². The third-order valence-electron chi connectivity index (χ3n) is 3.66. The molecule has 2 aromatic rings. The predicted octanol–water partition coefficient (Wildman–Crippen LogP) is 1.94. The number of benzene rings is 1. The van der Waals surface area contributed by atoms with Crippen LogP contribution in [0.15, 0.2) is 42.7 Å². The maximum atomic E-state index is 12.5. The van der Waals surface area contributed by atoms with Crippen LogP contribution in [-0.2, 0) is 9.59 Å². The Balaban J connectivity index is 1.98. The minimum Gasteiger partial charge on any atom is -0.497 e. The first kappa shape index (κ1) is 17.5. The lowest BCUT2D eigenvalue weighted by molar-refractivity contribution is -0.137. The standard InChI is InChI=1S/C17H22N4O3/c1-4-20(17(23)13(2)21-10-6-9-18-21)12-16(22)19-14-7-5-8-15(11-14)24-3/h5-11,13H,4,12H2,1-3H3,(H,19,22). The van der Waals surface area contributed by atoms with E-state index in [0.717, 1.165) is 0 Å². The van der Waals surface area contributed by atoms with E-state index in [0.29, 0.717) is 18.0 Å². The SMILES string of the molecule is CCN(CC(=O)Nc1cccc(OC)c1)C(=O)C(C)n1cccn1. The summed E-state index contributed by atoms with van der Waals surface area (Å²) in [6.07, 6.45) is 3.35. The van der Waals surface area contributed by atoms with E-state index in [-0.39, 0.29) is 18.4 Å². The molecule has 128 valence electrons. The highest BCUT2D eigenvalue weighted by Gasteiger charge is 2.23. The lowest BCUT2D eigenvalue weighted by atomic mass is 10.2. The molecule has 1 N–H and O–H groups in total. The van der Waals surface area contributed by atoms with Crippen molar-refractivity contribution < 1.29 is 14.3 Å². The lowest BCUT2D eigenvalue weighted by Crippen LogP contribution is -2.41. The number of nitrogens with zero attached hydrogens (tertiary/aromatic N) is 3. The number of amides is 2. The highest BCUT2D eigenvalue weighted by molar-refractivity contribution is 5.95. The quantitative estimate of drug-likeness (QED) is 0.842. The van der Waals surface area contributed by atoms with Crippen LogP contribution in [-0.4, -0.2) is 46.7 Å². The van der Waals surface area contributed by atoms with E-state index < -0.39 is 6.04 Å². The van der Waals surface area contributed by atoms with Crippen molar-refractivity contribution in [2.75, 3.05) is 25.5 Å². The first-order chi connectivity index (χ1) is 11.5. The fourth-order valence-electron chi connectivity index (χ4n) is 2.31. The van der Waals surface area contributed by atoms with E-state index in [9.17, 15) is 9.59 Å². The van der Waals surface area contributed by atoms with Crippen LogP contribution in [0.1, 0.15) is 19.9 Å². The summed E-state index contributed by atoms with van der Waals surface area (Å²) in [7, 11) is 1.56. The molecule has 1 heterocycles. The van der Waals surface area contributed by atoms with Gasteiger partial charge in [0.05, 0.1) is 13.7 Å². The molecule has 7 nitrogen and oxygen atoms in total. The normalized spacial score (nSPS) is 11.6. The average Bonchev–Trinajstić information content (AvgIpc) is 3.13. The van der Waals surface area contributed by atoms with Crippen LogP contribution in [0.2, 0.25) is 0 Å². The van der Waals surface area contributed by atoms with Crippen LogP contribution in [0.25, 0.3) is 0 Å². The summed E-state index contributed by atoms with van der Waals surface area (Å²) >= 11 is 0. The molecule has 0 saturated heterocycles. The van der Waals surface area contributed by atoms with Gasteiger partial charge in [-0.2, -0.15) is 5.10 Å². The van der Waals surface area contributed by atoms with Crippen molar-refractivity contribution in [1.82, 2.24) is 14.7 Å². The smallest absolute Gasteiger partial charge is 0.247 e. The summed E-state index contributed by atoms with van der Waals surface area (Å²) in [5.74, 6) is 0.247. The molecule has 0 radical (unpaired) electrons. The molecule has 0 fully saturated rings. The largest absolute Gasteiger partial charge is 0.497 e.